The van der Waals surface area contributed by atoms with E-state index >= 15 is 0 Å². The number of hydrogen-bond acceptors (Lipinski definition) is 15. The highest BCUT2D eigenvalue weighted by Gasteiger charge is 2.30. The summed E-state index contributed by atoms with van der Waals surface area (Å²) in [5, 5.41) is 10.6. The smallest absolute Gasteiger partial charge is 0.462 e. The lowest BCUT2D eigenvalue weighted by Crippen LogP contribution is -2.30. The predicted molar refractivity (Wildman–Crippen MR) is 377 cm³/mol. The average molecular weight is 1370 g/mol. The van der Waals surface area contributed by atoms with Crippen LogP contribution >= 0.6 is 15.6 Å². The maximum absolute atomic E-state index is 13.1. The SMILES string of the molecule is CCCCCCCCCCCCCCCCCCCC(=O)OC[C@H](COP(=O)(O)OC[C@@H](O)COP(=O)(O)OC[C@@H](COC(=O)CCCCCCCCC(C)C)OC(=O)CCCCCCCCC(C)C)OC(=O)CCCCCCCCCCCCCCCCCC(C)C. The summed E-state index contributed by atoms with van der Waals surface area (Å²) in [7, 11) is -9.90. The second-order valence-corrected chi connectivity index (χ2v) is 31.0. The molecule has 0 aliphatic carbocycles. The predicted octanol–water partition coefficient (Wildman–Crippen LogP) is 21.4. The van der Waals surface area contributed by atoms with E-state index in [1.54, 1.807) is 0 Å². The molecule has 0 rings (SSSR count). The largest absolute Gasteiger partial charge is 0.472 e. The van der Waals surface area contributed by atoms with Gasteiger partial charge in [-0.25, -0.2) is 9.13 Å². The molecule has 0 saturated heterocycles. The minimum atomic E-state index is -4.96. The van der Waals surface area contributed by atoms with Gasteiger partial charge in [0.2, 0.25) is 0 Å². The first-order valence-corrected chi connectivity index (χ1v) is 41.3. The van der Waals surface area contributed by atoms with Gasteiger partial charge in [-0.05, 0) is 43.4 Å². The molecule has 0 aliphatic rings. The Hall–Kier alpha value is -1.94. The molecule has 0 aromatic carbocycles. The Balaban J connectivity index is 5.20. The fourth-order valence-corrected chi connectivity index (χ4v) is 12.8. The maximum Gasteiger partial charge on any atom is 0.472 e. The molecule has 0 spiro atoms. The Morgan fingerprint density at radius 1 is 0.290 bits per heavy atom. The van der Waals surface area contributed by atoms with E-state index in [9.17, 15) is 43.2 Å². The third kappa shape index (κ3) is 68.4. The molecule has 0 aromatic heterocycles. The van der Waals surface area contributed by atoms with Crippen LogP contribution in [0.4, 0.5) is 0 Å². The van der Waals surface area contributed by atoms with E-state index in [4.69, 9.17) is 37.0 Å². The number of unbranched alkanes of at least 4 members (excludes halogenated alkanes) is 40. The number of carbonyl (C=O) groups excluding carboxylic acids is 4. The zero-order chi connectivity index (χ0) is 68.7. The molecular weight excluding hydrogens is 1220 g/mol. The number of hydrogen-bond donors (Lipinski definition) is 3. The summed E-state index contributed by atoms with van der Waals surface area (Å²) in [5.41, 5.74) is 0. The standard InChI is InChI=1S/C74H144O17P2/c1-8-9-10-11-12-13-14-15-16-17-20-23-26-29-32-41-48-55-71(76)84-61-69(90-73(78)57-50-43-33-30-27-24-21-18-19-22-25-28-31-38-45-52-65(2)3)63-88-92(80,81)86-59-68(75)60-87-93(82,83)89-64-70(91-74(79)58-51-44-37-35-40-47-54-67(6)7)62-85-72(77)56-49-42-36-34-39-46-53-66(4)5/h65-70,75H,8-64H2,1-7H3,(H,80,81)(H,82,83)/t68-,69-,70-/m1/s1. The van der Waals surface area contributed by atoms with Crippen molar-refractivity contribution in [3.63, 3.8) is 0 Å². The van der Waals surface area contributed by atoms with Crippen LogP contribution in [0.15, 0.2) is 0 Å². The molecule has 552 valence electrons. The van der Waals surface area contributed by atoms with E-state index in [1.807, 2.05) is 0 Å². The molecule has 5 atom stereocenters. The monoisotopic (exact) mass is 1370 g/mol. The highest BCUT2D eigenvalue weighted by Crippen LogP contribution is 2.45. The lowest BCUT2D eigenvalue weighted by atomic mass is 10.0. The molecule has 17 nitrogen and oxygen atoms in total. The number of phosphoric acid groups is 2. The van der Waals surface area contributed by atoms with Crippen molar-refractivity contribution >= 4 is 39.5 Å². The van der Waals surface area contributed by atoms with Crippen molar-refractivity contribution in [2.24, 2.45) is 17.8 Å². The van der Waals surface area contributed by atoms with Crippen molar-refractivity contribution in [1.82, 2.24) is 0 Å². The van der Waals surface area contributed by atoms with Gasteiger partial charge in [0.25, 0.3) is 0 Å². The number of carbonyl (C=O) groups is 4. The van der Waals surface area contributed by atoms with Gasteiger partial charge in [0, 0.05) is 25.7 Å². The number of aliphatic hydroxyl groups excluding tert-OH is 1. The van der Waals surface area contributed by atoms with E-state index < -0.39 is 97.5 Å². The van der Waals surface area contributed by atoms with Gasteiger partial charge in [-0.1, -0.05) is 325 Å². The minimum Gasteiger partial charge on any atom is -0.462 e. The topological polar surface area (TPSA) is 237 Å². The summed E-state index contributed by atoms with van der Waals surface area (Å²) in [5.74, 6) is 0.0241. The molecule has 0 bridgehead atoms. The normalized spacial score (nSPS) is 14.1. The highest BCUT2D eigenvalue weighted by molar-refractivity contribution is 7.47. The summed E-state index contributed by atoms with van der Waals surface area (Å²) in [6.07, 6.45) is 50.4. The highest BCUT2D eigenvalue weighted by atomic mass is 31.2. The van der Waals surface area contributed by atoms with Gasteiger partial charge in [-0.3, -0.25) is 37.3 Å². The molecule has 0 aliphatic heterocycles. The van der Waals surface area contributed by atoms with Gasteiger partial charge in [-0.2, -0.15) is 0 Å². The van der Waals surface area contributed by atoms with Gasteiger partial charge >= 0.3 is 39.5 Å². The quantitative estimate of drug-likeness (QED) is 0.0222. The van der Waals surface area contributed by atoms with E-state index in [2.05, 4.69) is 48.5 Å². The number of aliphatic hydroxyl groups is 1. The average Bonchev–Trinajstić information content (AvgIpc) is 1.61. The first kappa shape index (κ1) is 91.1. The van der Waals surface area contributed by atoms with Gasteiger partial charge < -0.3 is 33.8 Å². The van der Waals surface area contributed by atoms with Gasteiger partial charge in [-0.15, -0.1) is 0 Å². The molecule has 3 N–H and O–H groups in total. The third-order valence-electron chi connectivity index (χ3n) is 17.1. The molecule has 0 saturated carbocycles. The van der Waals surface area contributed by atoms with Crippen molar-refractivity contribution in [2.75, 3.05) is 39.6 Å². The molecular formula is C74H144O17P2. The summed E-state index contributed by atoms with van der Waals surface area (Å²) in [4.78, 5) is 72.6. The fourth-order valence-electron chi connectivity index (χ4n) is 11.2. The molecule has 0 amide bonds. The van der Waals surface area contributed by atoms with E-state index in [1.165, 1.54) is 180 Å². The number of phosphoric ester groups is 2. The molecule has 93 heavy (non-hydrogen) atoms. The summed E-state index contributed by atoms with van der Waals surface area (Å²) >= 11 is 0. The summed E-state index contributed by atoms with van der Waals surface area (Å²) in [6, 6.07) is 0. The number of esters is 4. The van der Waals surface area contributed by atoms with Gasteiger partial charge in [0.15, 0.2) is 12.2 Å². The van der Waals surface area contributed by atoms with Gasteiger partial charge in [0.05, 0.1) is 26.4 Å². The van der Waals surface area contributed by atoms with Crippen LogP contribution in [0.25, 0.3) is 0 Å². The van der Waals surface area contributed by atoms with E-state index in [0.29, 0.717) is 37.5 Å². The summed E-state index contributed by atoms with van der Waals surface area (Å²) in [6.45, 7) is 11.7. The Kier molecular flexibility index (Phi) is 63.4. The van der Waals surface area contributed by atoms with E-state index in [-0.39, 0.29) is 25.7 Å². The Bertz CT molecular complexity index is 1820. The van der Waals surface area contributed by atoms with Crippen molar-refractivity contribution in [2.45, 2.75) is 394 Å². The van der Waals surface area contributed by atoms with Crippen LogP contribution in [0.3, 0.4) is 0 Å². The van der Waals surface area contributed by atoms with Gasteiger partial charge in [0.1, 0.15) is 19.3 Å². The molecule has 0 fully saturated rings. The Labute approximate surface area is 568 Å². The zero-order valence-electron chi connectivity index (χ0n) is 60.7. The number of ether oxygens (including phenoxy) is 4. The lowest BCUT2D eigenvalue weighted by Gasteiger charge is -2.21. The van der Waals surface area contributed by atoms with Crippen LogP contribution in [0, 0.1) is 17.8 Å². The minimum absolute atomic E-state index is 0.101. The van der Waals surface area contributed by atoms with Crippen LogP contribution < -0.4 is 0 Å². The van der Waals surface area contributed by atoms with E-state index in [0.717, 1.165) is 102 Å². The molecule has 0 radical (unpaired) electrons. The van der Waals surface area contributed by atoms with Crippen LogP contribution in [0.1, 0.15) is 376 Å². The first-order valence-electron chi connectivity index (χ1n) is 38.3. The van der Waals surface area contributed by atoms with Crippen LogP contribution in [0.5, 0.6) is 0 Å². The molecule has 19 heteroatoms. The third-order valence-corrected chi connectivity index (χ3v) is 19.0. The maximum atomic E-state index is 13.1. The molecule has 2 unspecified atom stereocenters. The number of rotatable bonds is 72. The lowest BCUT2D eigenvalue weighted by molar-refractivity contribution is -0.161. The van der Waals surface area contributed by atoms with Crippen LogP contribution in [0.2, 0.25) is 0 Å². The van der Waals surface area contributed by atoms with Crippen molar-refractivity contribution in [1.29, 1.82) is 0 Å². The summed E-state index contributed by atoms with van der Waals surface area (Å²) < 4.78 is 68.3. The van der Waals surface area contributed by atoms with Crippen molar-refractivity contribution in [3.05, 3.63) is 0 Å². The van der Waals surface area contributed by atoms with Crippen LogP contribution in [-0.2, 0) is 65.4 Å². The zero-order valence-corrected chi connectivity index (χ0v) is 62.5. The van der Waals surface area contributed by atoms with Crippen molar-refractivity contribution < 1.29 is 80.2 Å². The Morgan fingerprint density at radius 2 is 0.495 bits per heavy atom. The second-order valence-electron chi connectivity index (χ2n) is 28.1. The molecule has 0 aromatic rings. The fraction of sp³-hybridized carbons (Fsp3) is 0.946. The van der Waals surface area contributed by atoms with Crippen LogP contribution in [-0.4, -0.2) is 96.7 Å². The second kappa shape index (κ2) is 64.7. The Morgan fingerprint density at radius 3 is 0.731 bits per heavy atom. The van der Waals surface area contributed by atoms with Crippen molar-refractivity contribution in [3.8, 4) is 0 Å². The molecule has 0 heterocycles. The first-order chi connectivity index (χ1) is 44.7.